The van der Waals surface area contributed by atoms with Crippen molar-refractivity contribution in [3.05, 3.63) is 53.6 Å². The highest BCUT2D eigenvalue weighted by Gasteiger charge is 2.13. The van der Waals surface area contributed by atoms with Crippen molar-refractivity contribution in [1.29, 1.82) is 0 Å². The van der Waals surface area contributed by atoms with Crippen LogP contribution in [0.15, 0.2) is 42.5 Å². The number of benzene rings is 2. The highest BCUT2D eigenvalue weighted by molar-refractivity contribution is 5.92. The number of hydrogen-bond acceptors (Lipinski definition) is 3. The van der Waals surface area contributed by atoms with Crippen molar-refractivity contribution >= 4 is 11.6 Å². The molecule has 0 aliphatic carbocycles. The van der Waals surface area contributed by atoms with Crippen LogP contribution in [0, 0.1) is 6.92 Å². The van der Waals surface area contributed by atoms with Crippen LogP contribution in [0.3, 0.4) is 0 Å². The number of anilines is 1. The largest absolute Gasteiger partial charge is 0.493 e. The number of amides is 1. The van der Waals surface area contributed by atoms with Crippen molar-refractivity contribution in [3.8, 4) is 11.5 Å². The fourth-order valence-electron chi connectivity index (χ4n) is 2.69. The lowest BCUT2D eigenvalue weighted by molar-refractivity contribution is -0.885. The number of carbonyl (C=O) groups is 1. The number of nitrogens with one attached hydrogen (secondary N) is 2. The number of para-hydroxylation sites is 1. The summed E-state index contributed by atoms with van der Waals surface area (Å²) in [6, 6.07) is 13.7. The minimum Gasteiger partial charge on any atom is -0.493 e. The Balaban J connectivity index is 1.94. The van der Waals surface area contributed by atoms with Crippen LogP contribution in [0.2, 0.25) is 0 Å². The van der Waals surface area contributed by atoms with E-state index in [9.17, 15) is 4.79 Å². The van der Waals surface area contributed by atoms with E-state index in [0.717, 1.165) is 39.8 Å². The van der Waals surface area contributed by atoms with Gasteiger partial charge in [0.25, 0.3) is 5.91 Å². The van der Waals surface area contributed by atoms with Crippen LogP contribution in [0.4, 0.5) is 5.69 Å². The molecule has 5 heteroatoms. The summed E-state index contributed by atoms with van der Waals surface area (Å²) in [5.41, 5.74) is 3.02. The smallest absolute Gasteiger partial charge is 0.279 e. The van der Waals surface area contributed by atoms with E-state index < -0.39 is 0 Å². The Morgan fingerprint density at radius 1 is 1.16 bits per heavy atom. The van der Waals surface area contributed by atoms with Gasteiger partial charge in [-0.2, -0.15) is 0 Å². The molecule has 2 rings (SSSR count). The van der Waals surface area contributed by atoms with Gasteiger partial charge in [0.2, 0.25) is 0 Å². The Morgan fingerprint density at radius 3 is 2.60 bits per heavy atom. The van der Waals surface area contributed by atoms with E-state index in [4.69, 9.17) is 9.47 Å². The summed E-state index contributed by atoms with van der Waals surface area (Å²) in [4.78, 5) is 13.3. The SMILES string of the molecule is CCOc1ccc(C[NH+](C)CC(=O)Nc2ccccc2C)cc1OC. The molecular formula is C20H27N2O3+. The molecule has 5 nitrogen and oxygen atoms in total. The van der Waals surface area contributed by atoms with Gasteiger partial charge in [-0.25, -0.2) is 0 Å². The van der Waals surface area contributed by atoms with Crippen LogP contribution < -0.4 is 19.7 Å². The lowest BCUT2D eigenvalue weighted by Crippen LogP contribution is -3.08. The Labute approximate surface area is 149 Å². The van der Waals surface area contributed by atoms with Crippen molar-refractivity contribution in [2.24, 2.45) is 0 Å². The van der Waals surface area contributed by atoms with Crippen LogP contribution in [0.5, 0.6) is 11.5 Å². The number of ether oxygens (including phenoxy) is 2. The van der Waals surface area contributed by atoms with Crippen LogP contribution in [-0.2, 0) is 11.3 Å². The zero-order valence-electron chi connectivity index (χ0n) is 15.4. The van der Waals surface area contributed by atoms with E-state index in [1.54, 1.807) is 7.11 Å². The molecule has 0 saturated heterocycles. The zero-order valence-corrected chi connectivity index (χ0v) is 15.4. The Bertz CT molecular complexity index is 716. The van der Waals surface area contributed by atoms with Gasteiger partial charge in [-0.1, -0.05) is 18.2 Å². The normalized spacial score (nSPS) is 11.7. The summed E-state index contributed by atoms with van der Waals surface area (Å²) < 4.78 is 10.9. The lowest BCUT2D eigenvalue weighted by atomic mass is 10.2. The van der Waals surface area contributed by atoms with E-state index in [1.165, 1.54) is 0 Å². The quantitative estimate of drug-likeness (QED) is 0.771. The van der Waals surface area contributed by atoms with Crippen LogP contribution >= 0.6 is 0 Å². The second-order valence-electron chi connectivity index (χ2n) is 6.09. The van der Waals surface area contributed by atoms with Crippen molar-refractivity contribution < 1.29 is 19.2 Å². The molecule has 1 atom stereocenters. The van der Waals surface area contributed by atoms with Gasteiger partial charge in [0.15, 0.2) is 18.0 Å². The van der Waals surface area contributed by atoms with Crippen molar-refractivity contribution in [2.45, 2.75) is 20.4 Å². The van der Waals surface area contributed by atoms with Gasteiger partial charge in [-0.15, -0.1) is 0 Å². The summed E-state index contributed by atoms with van der Waals surface area (Å²) in [5.74, 6) is 1.46. The second kappa shape index (κ2) is 9.08. The van der Waals surface area contributed by atoms with Gasteiger partial charge in [0.1, 0.15) is 6.54 Å². The Kier molecular flexibility index (Phi) is 6.83. The maximum atomic E-state index is 12.3. The molecule has 0 radical (unpaired) electrons. The van der Waals surface area contributed by atoms with Crippen LogP contribution in [0.25, 0.3) is 0 Å². The summed E-state index contributed by atoms with van der Waals surface area (Å²) in [7, 11) is 3.63. The summed E-state index contributed by atoms with van der Waals surface area (Å²) in [6.07, 6.45) is 0. The predicted octanol–water partition coefficient (Wildman–Crippen LogP) is 2.06. The molecule has 0 bridgehead atoms. The Hall–Kier alpha value is -2.53. The summed E-state index contributed by atoms with van der Waals surface area (Å²) >= 11 is 0. The highest BCUT2D eigenvalue weighted by atomic mass is 16.5. The molecule has 0 aliphatic rings. The van der Waals surface area contributed by atoms with Gasteiger partial charge in [-0.3, -0.25) is 4.79 Å². The number of methoxy groups -OCH3 is 1. The highest BCUT2D eigenvalue weighted by Crippen LogP contribution is 2.27. The summed E-state index contributed by atoms with van der Waals surface area (Å²) in [5, 5.41) is 2.97. The van der Waals surface area contributed by atoms with Gasteiger partial charge in [-0.05, 0) is 43.7 Å². The lowest BCUT2D eigenvalue weighted by Gasteiger charge is -2.16. The van der Waals surface area contributed by atoms with E-state index >= 15 is 0 Å². The van der Waals surface area contributed by atoms with E-state index in [-0.39, 0.29) is 5.91 Å². The van der Waals surface area contributed by atoms with E-state index in [0.29, 0.717) is 13.2 Å². The third-order valence-corrected chi connectivity index (χ3v) is 3.92. The van der Waals surface area contributed by atoms with Gasteiger partial charge in [0, 0.05) is 11.3 Å². The number of carbonyl (C=O) groups excluding carboxylic acids is 1. The first-order valence-electron chi connectivity index (χ1n) is 8.50. The molecule has 2 aromatic carbocycles. The van der Waals surface area contributed by atoms with Gasteiger partial charge in [0.05, 0.1) is 20.8 Å². The molecule has 1 amide bonds. The number of quaternary nitrogens is 1. The third-order valence-electron chi connectivity index (χ3n) is 3.92. The first-order chi connectivity index (χ1) is 12.0. The standard InChI is InChI=1S/C20H26N2O3/c1-5-25-18-11-10-16(12-19(18)24-4)13-22(3)14-20(23)21-17-9-7-6-8-15(17)2/h6-12H,5,13-14H2,1-4H3,(H,21,23)/p+1. The zero-order chi connectivity index (χ0) is 18.2. The molecule has 0 spiro atoms. The molecule has 0 fully saturated rings. The predicted molar refractivity (Wildman–Crippen MR) is 99.4 cm³/mol. The average Bonchev–Trinajstić information content (AvgIpc) is 2.58. The molecular weight excluding hydrogens is 316 g/mol. The Morgan fingerprint density at radius 2 is 1.92 bits per heavy atom. The molecule has 0 aromatic heterocycles. The molecule has 2 N–H and O–H groups in total. The first kappa shape index (κ1) is 18.8. The minimum absolute atomic E-state index is 0.00435. The van der Waals surface area contributed by atoms with Gasteiger partial charge >= 0.3 is 0 Å². The summed E-state index contributed by atoms with van der Waals surface area (Å²) in [6.45, 7) is 5.64. The molecule has 1 unspecified atom stereocenters. The fraction of sp³-hybridized carbons (Fsp3) is 0.350. The van der Waals surface area contributed by atoms with Crippen molar-refractivity contribution in [1.82, 2.24) is 0 Å². The molecule has 0 aliphatic heterocycles. The van der Waals surface area contributed by atoms with E-state index in [2.05, 4.69) is 5.32 Å². The molecule has 134 valence electrons. The van der Waals surface area contributed by atoms with E-state index in [1.807, 2.05) is 63.4 Å². The second-order valence-corrected chi connectivity index (χ2v) is 6.09. The molecule has 2 aromatic rings. The number of aryl methyl sites for hydroxylation is 1. The topological polar surface area (TPSA) is 52.0 Å². The van der Waals surface area contributed by atoms with Crippen LogP contribution in [0.1, 0.15) is 18.1 Å². The maximum absolute atomic E-state index is 12.3. The monoisotopic (exact) mass is 343 g/mol. The van der Waals surface area contributed by atoms with Crippen molar-refractivity contribution in [2.75, 3.05) is 32.6 Å². The fourth-order valence-corrected chi connectivity index (χ4v) is 2.69. The molecule has 0 saturated carbocycles. The number of likely N-dealkylation sites (N-methyl/N-ethyl adjacent to an activating group) is 1. The molecule has 0 heterocycles. The minimum atomic E-state index is 0.00435. The van der Waals surface area contributed by atoms with Gasteiger partial charge < -0.3 is 19.7 Å². The third kappa shape index (κ3) is 5.50. The van der Waals surface area contributed by atoms with Crippen LogP contribution in [-0.4, -0.2) is 33.2 Å². The average molecular weight is 343 g/mol. The maximum Gasteiger partial charge on any atom is 0.279 e. The molecule has 25 heavy (non-hydrogen) atoms. The number of rotatable bonds is 8. The number of hydrogen-bond donors (Lipinski definition) is 2. The van der Waals surface area contributed by atoms with Crippen molar-refractivity contribution in [3.63, 3.8) is 0 Å². The first-order valence-corrected chi connectivity index (χ1v) is 8.50.